The molecule has 2 atom stereocenters. The van der Waals surface area contributed by atoms with Gasteiger partial charge in [0.05, 0.1) is 0 Å². The Kier molecular flexibility index (Phi) is 5.26. The molecule has 0 bridgehead atoms. The zero-order valence-corrected chi connectivity index (χ0v) is 11.6. The summed E-state index contributed by atoms with van der Waals surface area (Å²) in [7, 11) is 0. The molecule has 1 N–H and O–H groups in total. The topological polar surface area (TPSA) is 18.5 Å². The Labute approximate surface area is 107 Å². The largest absolute Gasteiger partial charge is 0.315 e. The molecule has 0 spiro atoms. The van der Waals surface area contributed by atoms with E-state index in [0.717, 1.165) is 18.6 Å². The Balaban J connectivity index is 1.78. The summed E-state index contributed by atoms with van der Waals surface area (Å²) < 4.78 is 0. The van der Waals surface area contributed by atoms with Gasteiger partial charge in [0.15, 0.2) is 0 Å². The normalized spacial score (nSPS) is 28.9. The van der Waals surface area contributed by atoms with Crippen LogP contribution in [0.3, 0.4) is 0 Å². The summed E-state index contributed by atoms with van der Waals surface area (Å²) in [5.74, 6) is 0. The molecule has 0 aromatic carbocycles. The number of nitrogens with zero attached hydrogens (tertiary/aromatic N) is 2. The maximum Gasteiger partial charge on any atom is 0.0235 e. The lowest BCUT2D eigenvalue weighted by molar-refractivity contribution is 0.193. The van der Waals surface area contributed by atoms with E-state index in [1.807, 2.05) is 0 Å². The fourth-order valence-corrected chi connectivity index (χ4v) is 3.35. The Morgan fingerprint density at radius 1 is 1.18 bits per heavy atom. The smallest absolute Gasteiger partial charge is 0.0235 e. The molecule has 2 rings (SSSR count). The Bertz CT molecular complexity index is 214. The number of nitrogens with one attached hydrogen (secondary N) is 1. The van der Waals surface area contributed by atoms with Gasteiger partial charge in [-0.1, -0.05) is 13.8 Å². The van der Waals surface area contributed by atoms with Crippen molar-refractivity contribution in [1.82, 2.24) is 15.1 Å². The minimum absolute atomic E-state index is 0.752. The number of likely N-dealkylation sites (N-methyl/N-ethyl adjacent to an activating group) is 1. The van der Waals surface area contributed by atoms with Crippen molar-refractivity contribution in [2.24, 2.45) is 0 Å². The summed E-state index contributed by atoms with van der Waals surface area (Å²) in [6, 6.07) is 1.61. The molecule has 2 saturated heterocycles. The van der Waals surface area contributed by atoms with E-state index in [1.54, 1.807) is 0 Å². The second-order valence-corrected chi connectivity index (χ2v) is 5.55. The average Bonchev–Trinajstić information content (AvgIpc) is 3.00. The highest BCUT2D eigenvalue weighted by Gasteiger charge is 2.31. The predicted octanol–water partition coefficient (Wildman–Crippen LogP) is 1.54. The molecule has 2 unspecified atom stereocenters. The molecule has 2 fully saturated rings. The molecule has 3 heteroatoms. The quantitative estimate of drug-likeness (QED) is 0.758. The number of hydrogen-bond acceptors (Lipinski definition) is 3. The third kappa shape index (κ3) is 3.43. The van der Waals surface area contributed by atoms with Crippen LogP contribution < -0.4 is 5.32 Å². The first-order valence-electron chi connectivity index (χ1n) is 7.54. The Morgan fingerprint density at radius 2 is 1.94 bits per heavy atom. The maximum atomic E-state index is 3.51. The molecule has 2 aliphatic rings. The van der Waals surface area contributed by atoms with Crippen LogP contribution in [-0.4, -0.2) is 61.2 Å². The van der Waals surface area contributed by atoms with Crippen LogP contribution >= 0.6 is 0 Å². The molecule has 0 radical (unpaired) electrons. The third-order valence-corrected chi connectivity index (χ3v) is 4.47. The fraction of sp³-hybridized carbons (Fsp3) is 1.00. The lowest BCUT2D eigenvalue weighted by Crippen LogP contribution is -2.43. The first-order valence-corrected chi connectivity index (χ1v) is 7.54. The van der Waals surface area contributed by atoms with Crippen LogP contribution in [0.5, 0.6) is 0 Å². The van der Waals surface area contributed by atoms with Crippen molar-refractivity contribution in [3.05, 3.63) is 0 Å². The van der Waals surface area contributed by atoms with Gasteiger partial charge in [-0.15, -0.1) is 0 Å². The van der Waals surface area contributed by atoms with E-state index in [1.165, 1.54) is 58.4 Å². The third-order valence-electron chi connectivity index (χ3n) is 4.47. The number of likely N-dealkylation sites (tertiary alicyclic amines) is 2. The standard InChI is InChI=1S/C14H29N3/c1-3-13(11-15-4-2)17-10-7-14(12-17)16-8-5-6-9-16/h13-15H,3-12H2,1-2H3. The summed E-state index contributed by atoms with van der Waals surface area (Å²) >= 11 is 0. The summed E-state index contributed by atoms with van der Waals surface area (Å²) in [5.41, 5.74) is 0. The van der Waals surface area contributed by atoms with Crippen LogP contribution in [0.4, 0.5) is 0 Å². The Morgan fingerprint density at radius 3 is 2.59 bits per heavy atom. The van der Waals surface area contributed by atoms with Gasteiger partial charge in [0.2, 0.25) is 0 Å². The highest BCUT2D eigenvalue weighted by Crippen LogP contribution is 2.22. The van der Waals surface area contributed by atoms with Crippen molar-refractivity contribution in [2.45, 2.75) is 51.6 Å². The molecule has 2 heterocycles. The van der Waals surface area contributed by atoms with Crippen molar-refractivity contribution in [2.75, 3.05) is 39.3 Å². The monoisotopic (exact) mass is 239 g/mol. The average molecular weight is 239 g/mol. The number of hydrogen-bond donors (Lipinski definition) is 1. The lowest BCUT2D eigenvalue weighted by atomic mass is 10.2. The zero-order chi connectivity index (χ0) is 12.1. The minimum atomic E-state index is 0.752. The molecular formula is C14H29N3. The SMILES string of the molecule is CCNCC(CC)N1CCC(N2CCCC2)C1. The second kappa shape index (κ2) is 6.72. The molecule has 0 amide bonds. The zero-order valence-electron chi connectivity index (χ0n) is 11.6. The van der Waals surface area contributed by atoms with Gasteiger partial charge in [-0.3, -0.25) is 9.80 Å². The second-order valence-electron chi connectivity index (χ2n) is 5.55. The van der Waals surface area contributed by atoms with Crippen molar-refractivity contribution < 1.29 is 0 Å². The van der Waals surface area contributed by atoms with E-state index in [9.17, 15) is 0 Å². The van der Waals surface area contributed by atoms with E-state index < -0.39 is 0 Å². The van der Waals surface area contributed by atoms with Crippen LogP contribution in [0, 0.1) is 0 Å². The van der Waals surface area contributed by atoms with Crippen LogP contribution in [0.25, 0.3) is 0 Å². The van der Waals surface area contributed by atoms with E-state index in [4.69, 9.17) is 0 Å². The van der Waals surface area contributed by atoms with Gasteiger partial charge >= 0.3 is 0 Å². The van der Waals surface area contributed by atoms with E-state index in [2.05, 4.69) is 29.0 Å². The molecule has 2 aliphatic heterocycles. The van der Waals surface area contributed by atoms with Crippen molar-refractivity contribution in [1.29, 1.82) is 0 Å². The van der Waals surface area contributed by atoms with E-state index in [-0.39, 0.29) is 0 Å². The first kappa shape index (κ1) is 13.3. The highest BCUT2D eigenvalue weighted by molar-refractivity contribution is 4.88. The molecule has 0 aliphatic carbocycles. The van der Waals surface area contributed by atoms with Crippen LogP contribution in [0.2, 0.25) is 0 Å². The summed E-state index contributed by atoms with van der Waals surface area (Å²) in [5, 5.41) is 3.51. The predicted molar refractivity (Wildman–Crippen MR) is 73.4 cm³/mol. The first-order chi connectivity index (χ1) is 8.35. The van der Waals surface area contributed by atoms with Gasteiger partial charge in [-0.25, -0.2) is 0 Å². The molecule has 0 aromatic rings. The van der Waals surface area contributed by atoms with Gasteiger partial charge in [-0.05, 0) is 45.3 Å². The van der Waals surface area contributed by atoms with Crippen molar-refractivity contribution in [3.63, 3.8) is 0 Å². The molecule has 3 nitrogen and oxygen atoms in total. The molecule has 0 aromatic heterocycles. The molecule has 0 saturated carbocycles. The fourth-order valence-electron chi connectivity index (χ4n) is 3.35. The van der Waals surface area contributed by atoms with Gasteiger partial charge in [0.25, 0.3) is 0 Å². The summed E-state index contributed by atoms with van der Waals surface area (Å²) in [4.78, 5) is 5.44. The summed E-state index contributed by atoms with van der Waals surface area (Å²) in [6.45, 7) is 12.1. The van der Waals surface area contributed by atoms with E-state index in [0.29, 0.717) is 0 Å². The lowest BCUT2D eigenvalue weighted by Gasteiger charge is -2.29. The van der Waals surface area contributed by atoms with Crippen molar-refractivity contribution in [3.8, 4) is 0 Å². The number of rotatable bonds is 6. The van der Waals surface area contributed by atoms with Gasteiger partial charge in [0.1, 0.15) is 0 Å². The van der Waals surface area contributed by atoms with Crippen LogP contribution in [0.15, 0.2) is 0 Å². The molecular weight excluding hydrogens is 210 g/mol. The van der Waals surface area contributed by atoms with Crippen LogP contribution in [-0.2, 0) is 0 Å². The van der Waals surface area contributed by atoms with E-state index >= 15 is 0 Å². The maximum absolute atomic E-state index is 3.51. The minimum Gasteiger partial charge on any atom is -0.315 e. The Hall–Kier alpha value is -0.120. The summed E-state index contributed by atoms with van der Waals surface area (Å²) in [6.07, 6.45) is 5.51. The van der Waals surface area contributed by atoms with Gasteiger partial charge < -0.3 is 5.32 Å². The molecule has 17 heavy (non-hydrogen) atoms. The van der Waals surface area contributed by atoms with Gasteiger partial charge in [-0.2, -0.15) is 0 Å². The van der Waals surface area contributed by atoms with Gasteiger partial charge in [0, 0.05) is 31.7 Å². The van der Waals surface area contributed by atoms with Crippen molar-refractivity contribution >= 4 is 0 Å². The van der Waals surface area contributed by atoms with Crippen LogP contribution in [0.1, 0.15) is 39.5 Å². The molecule has 100 valence electrons. The highest BCUT2D eigenvalue weighted by atomic mass is 15.3.